The van der Waals surface area contributed by atoms with Crippen LogP contribution in [0.5, 0.6) is 0 Å². The second kappa shape index (κ2) is 6.71. The predicted molar refractivity (Wildman–Crippen MR) is 96.2 cm³/mol. The van der Waals surface area contributed by atoms with Gasteiger partial charge < -0.3 is 5.11 Å². The number of carboxylic acids is 1. The summed E-state index contributed by atoms with van der Waals surface area (Å²) in [6, 6.07) is 28.9. The Hall–Kier alpha value is -2.87. The SMILES string of the molecule is C[C@H](c1ccccc1)C(C(=O)O)(c1ccccc1)c1ccccc1. The van der Waals surface area contributed by atoms with Crippen molar-refractivity contribution in [2.24, 2.45) is 0 Å². The predicted octanol–water partition coefficient (Wildman–Crippen LogP) is 4.86. The smallest absolute Gasteiger partial charge is 0.319 e. The Bertz CT molecular complexity index is 756. The zero-order chi connectivity index (χ0) is 17.0. The maximum atomic E-state index is 12.6. The third-order valence-corrected chi connectivity index (χ3v) is 4.74. The Kier molecular flexibility index (Phi) is 4.48. The summed E-state index contributed by atoms with van der Waals surface area (Å²) in [6.45, 7) is 1.99. The van der Waals surface area contributed by atoms with E-state index in [1.807, 2.05) is 97.9 Å². The first-order chi connectivity index (χ1) is 11.7. The van der Waals surface area contributed by atoms with Crippen LogP contribution in [-0.2, 0) is 10.2 Å². The lowest BCUT2D eigenvalue weighted by molar-refractivity contribution is -0.143. The van der Waals surface area contributed by atoms with Crippen molar-refractivity contribution >= 4 is 5.97 Å². The Morgan fingerprint density at radius 2 is 1.12 bits per heavy atom. The zero-order valence-corrected chi connectivity index (χ0v) is 13.6. The quantitative estimate of drug-likeness (QED) is 0.730. The Labute approximate surface area is 142 Å². The summed E-state index contributed by atoms with van der Waals surface area (Å²) < 4.78 is 0. The summed E-state index contributed by atoms with van der Waals surface area (Å²) in [5, 5.41) is 10.4. The van der Waals surface area contributed by atoms with Crippen molar-refractivity contribution in [1.82, 2.24) is 0 Å². The van der Waals surface area contributed by atoms with Crippen LogP contribution >= 0.6 is 0 Å². The molecule has 3 rings (SSSR count). The first-order valence-corrected chi connectivity index (χ1v) is 8.06. The minimum Gasteiger partial charge on any atom is -0.480 e. The molecular formula is C22H20O2. The van der Waals surface area contributed by atoms with Gasteiger partial charge in [-0.3, -0.25) is 4.79 Å². The highest BCUT2D eigenvalue weighted by molar-refractivity contribution is 5.87. The highest BCUT2D eigenvalue weighted by atomic mass is 16.4. The van der Waals surface area contributed by atoms with Crippen molar-refractivity contribution in [1.29, 1.82) is 0 Å². The van der Waals surface area contributed by atoms with Crippen LogP contribution in [0.15, 0.2) is 91.0 Å². The van der Waals surface area contributed by atoms with Crippen LogP contribution in [0.4, 0.5) is 0 Å². The van der Waals surface area contributed by atoms with Gasteiger partial charge in [-0.2, -0.15) is 0 Å². The lowest BCUT2D eigenvalue weighted by atomic mass is 9.64. The molecule has 2 nitrogen and oxygen atoms in total. The summed E-state index contributed by atoms with van der Waals surface area (Å²) in [5.41, 5.74) is 1.46. The molecule has 3 aromatic carbocycles. The first kappa shape index (κ1) is 16.0. The van der Waals surface area contributed by atoms with Crippen molar-refractivity contribution in [3.8, 4) is 0 Å². The van der Waals surface area contributed by atoms with Gasteiger partial charge in [-0.25, -0.2) is 0 Å². The fraction of sp³-hybridized carbons (Fsp3) is 0.136. The fourth-order valence-electron chi connectivity index (χ4n) is 3.49. The lowest BCUT2D eigenvalue weighted by Crippen LogP contribution is -2.42. The number of hydrogen-bond acceptors (Lipinski definition) is 1. The molecule has 0 radical (unpaired) electrons. The van der Waals surface area contributed by atoms with Crippen LogP contribution < -0.4 is 0 Å². The highest BCUT2D eigenvalue weighted by Gasteiger charge is 2.47. The van der Waals surface area contributed by atoms with Gasteiger partial charge >= 0.3 is 5.97 Å². The van der Waals surface area contributed by atoms with Crippen LogP contribution in [0.2, 0.25) is 0 Å². The molecule has 0 unspecified atom stereocenters. The van der Waals surface area contributed by atoms with Crippen molar-refractivity contribution < 1.29 is 9.90 Å². The van der Waals surface area contributed by atoms with Gasteiger partial charge in [0.15, 0.2) is 0 Å². The first-order valence-electron chi connectivity index (χ1n) is 8.06. The molecule has 1 atom stereocenters. The molecule has 3 aromatic rings. The van der Waals surface area contributed by atoms with E-state index in [2.05, 4.69) is 0 Å². The molecule has 0 saturated heterocycles. The van der Waals surface area contributed by atoms with Gasteiger partial charge in [-0.15, -0.1) is 0 Å². The van der Waals surface area contributed by atoms with Gasteiger partial charge in [0.1, 0.15) is 5.41 Å². The van der Waals surface area contributed by atoms with E-state index in [9.17, 15) is 9.90 Å². The van der Waals surface area contributed by atoms with Gasteiger partial charge in [-0.05, 0) is 16.7 Å². The average molecular weight is 316 g/mol. The number of aliphatic carboxylic acids is 1. The molecule has 0 aliphatic carbocycles. The maximum absolute atomic E-state index is 12.6. The second-order valence-electron chi connectivity index (χ2n) is 5.98. The van der Waals surface area contributed by atoms with Crippen LogP contribution in [0.1, 0.15) is 29.5 Å². The summed E-state index contributed by atoms with van der Waals surface area (Å²) in [6.07, 6.45) is 0. The van der Waals surface area contributed by atoms with E-state index < -0.39 is 11.4 Å². The Morgan fingerprint density at radius 1 is 0.750 bits per heavy atom. The Morgan fingerprint density at radius 3 is 1.50 bits per heavy atom. The minimum absolute atomic E-state index is 0.221. The fourth-order valence-corrected chi connectivity index (χ4v) is 3.49. The average Bonchev–Trinajstić information content (AvgIpc) is 2.64. The molecule has 0 amide bonds. The lowest BCUT2D eigenvalue weighted by Gasteiger charge is -2.36. The van der Waals surface area contributed by atoms with Gasteiger partial charge in [0, 0.05) is 5.92 Å². The van der Waals surface area contributed by atoms with Crippen LogP contribution in [0.25, 0.3) is 0 Å². The summed E-state index contributed by atoms with van der Waals surface area (Å²) in [4.78, 5) is 12.6. The maximum Gasteiger partial charge on any atom is 0.319 e. The topological polar surface area (TPSA) is 37.3 Å². The normalized spacial score (nSPS) is 12.5. The summed E-state index contributed by atoms with van der Waals surface area (Å²) >= 11 is 0. The molecule has 1 N–H and O–H groups in total. The Balaban J connectivity index is 2.29. The third kappa shape index (κ3) is 2.61. The van der Waals surface area contributed by atoms with Crippen molar-refractivity contribution in [2.45, 2.75) is 18.3 Å². The van der Waals surface area contributed by atoms with Crippen molar-refractivity contribution in [3.05, 3.63) is 108 Å². The highest BCUT2D eigenvalue weighted by Crippen LogP contribution is 2.44. The number of rotatable bonds is 5. The van der Waals surface area contributed by atoms with Gasteiger partial charge in [0.2, 0.25) is 0 Å². The van der Waals surface area contributed by atoms with E-state index in [0.29, 0.717) is 0 Å². The summed E-state index contributed by atoms with van der Waals surface area (Å²) in [5.74, 6) is -1.06. The number of carbonyl (C=O) groups is 1. The monoisotopic (exact) mass is 316 g/mol. The van der Waals surface area contributed by atoms with E-state index in [-0.39, 0.29) is 5.92 Å². The van der Waals surface area contributed by atoms with Crippen molar-refractivity contribution in [3.63, 3.8) is 0 Å². The summed E-state index contributed by atoms with van der Waals surface area (Å²) in [7, 11) is 0. The molecule has 0 aliphatic heterocycles. The molecule has 0 bridgehead atoms. The molecule has 0 spiro atoms. The molecule has 120 valence electrons. The van der Waals surface area contributed by atoms with Crippen LogP contribution in [0, 0.1) is 0 Å². The van der Waals surface area contributed by atoms with Gasteiger partial charge in [0.05, 0.1) is 0 Å². The van der Waals surface area contributed by atoms with E-state index in [1.165, 1.54) is 0 Å². The van der Waals surface area contributed by atoms with E-state index in [0.717, 1.165) is 16.7 Å². The molecule has 2 heteroatoms. The molecule has 0 heterocycles. The van der Waals surface area contributed by atoms with Crippen molar-refractivity contribution in [2.75, 3.05) is 0 Å². The van der Waals surface area contributed by atoms with E-state index in [4.69, 9.17) is 0 Å². The van der Waals surface area contributed by atoms with Crippen LogP contribution in [0.3, 0.4) is 0 Å². The molecule has 0 aromatic heterocycles. The molecule has 0 fully saturated rings. The second-order valence-corrected chi connectivity index (χ2v) is 5.98. The molecule has 0 saturated carbocycles. The van der Waals surface area contributed by atoms with Crippen LogP contribution in [-0.4, -0.2) is 11.1 Å². The molecular weight excluding hydrogens is 296 g/mol. The minimum atomic E-state index is -1.14. The largest absolute Gasteiger partial charge is 0.480 e. The number of benzene rings is 3. The number of hydrogen-bond donors (Lipinski definition) is 1. The molecule has 0 aliphatic rings. The molecule has 24 heavy (non-hydrogen) atoms. The number of carboxylic acid groups (broad SMARTS) is 1. The van der Waals surface area contributed by atoms with Gasteiger partial charge in [0.25, 0.3) is 0 Å². The zero-order valence-electron chi connectivity index (χ0n) is 13.6. The van der Waals surface area contributed by atoms with Gasteiger partial charge in [-0.1, -0.05) is 97.9 Å². The van der Waals surface area contributed by atoms with E-state index >= 15 is 0 Å². The standard InChI is InChI=1S/C22H20O2/c1-17(18-11-5-2-6-12-18)22(21(23)24,19-13-7-3-8-14-19)20-15-9-4-10-16-20/h2-17H,1H3,(H,23,24)/t17-/m1/s1. The third-order valence-electron chi connectivity index (χ3n) is 4.74. The van der Waals surface area contributed by atoms with E-state index in [1.54, 1.807) is 0 Å².